The number of likely N-dealkylation sites (tertiary alicyclic amines) is 1. The van der Waals surface area contributed by atoms with Gasteiger partial charge in [-0.2, -0.15) is 0 Å². The molecule has 19 heavy (non-hydrogen) atoms. The van der Waals surface area contributed by atoms with E-state index >= 15 is 0 Å². The lowest BCUT2D eigenvalue weighted by atomic mass is 10.2. The number of nitrogens with zero attached hydrogens (tertiary/aromatic N) is 3. The second-order valence-electron chi connectivity index (χ2n) is 4.83. The van der Waals surface area contributed by atoms with Gasteiger partial charge in [0.15, 0.2) is 5.13 Å². The molecule has 1 fully saturated rings. The predicted molar refractivity (Wildman–Crippen MR) is 76.3 cm³/mol. The number of hydrogen-bond donors (Lipinski definition) is 1. The Labute approximate surface area is 117 Å². The molecule has 2 heterocycles. The van der Waals surface area contributed by atoms with Crippen LogP contribution in [0.15, 0.2) is 5.38 Å². The Morgan fingerprint density at radius 1 is 1.68 bits per heavy atom. The quantitative estimate of drug-likeness (QED) is 0.889. The topological polar surface area (TPSA) is 56.7 Å². The maximum Gasteiger partial charge on any atom is 0.225 e. The first-order valence-electron chi connectivity index (χ1n) is 6.73. The average Bonchev–Trinajstić information content (AvgIpc) is 3.00. The fourth-order valence-electron chi connectivity index (χ4n) is 2.50. The van der Waals surface area contributed by atoms with Crippen LogP contribution < -0.4 is 4.90 Å². The van der Waals surface area contributed by atoms with Gasteiger partial charge in [-0.05, 0) is 26.3 Å². The minimum Gasteiger partial charge on any atom is -0.395 e. The van der Waals surface area contributed by atoms with E-state index in [1.807, 2.05) is 12.3 Å². The minimum absolute atomic E-state index is 0.0257. The number of aliphatic hydroxyl groups is 1. The average molecular weight is 283 g/mol. The zero-order valence-corrected chi connectivity index (χ0v) is 12.3. The molecule has 0 aromatic carbocycles. The third kappa shape index (κ3) is 3.32. The second kappa shape index (κ2) is 6.45. The van der Waals surface area contributed by atoms with Crippen molar-refractivity contribution in [3.05, 3.63) is 11.1 Å². The molecule has 1 aliphatic rings. The third-order valence-electron chi connectivity index (χ3n) is 3.54. The molecule has 1 atom stereocenters. The lowest BCUT2D eigenvalue weighted by molar-refractivity contribution is -0.116. The zero-order valence-electron chi connectivity index (χ0n) is 11.5. The summed E-state index contributed by atoms with van der Waals surface area (Å²) >= 11 is 1.51. The summed E-state index contributed by atoms with van der Waals surface area (Å²) < 4.78 is 0. The predicted octanol–water partition coefficient (Wildman–Crippen LogP) is 1.47. The molecule has 5 nitrogen and oxygen atoms in total. The fraction of sp³-hybridized carbons (Fsp3) is 0.692. The molecule has 1 aromatic rings. The minimum atomic E-state index is 0.0257. The smallest absolute Gasteiger partial charge is 0.225 e. The molecule has 0 unspecified atom stereocenters. The van der Waals surface area contributed by atoms with E-state index in [2.05, 4.69) is 9.88 Å². The van der Waals surface area contributed by atoms with Crippen LogP contribution in [0.2, 0.25) is 0 Å². The van der Waals surface area contributed by atoms with Crippen molar-refractivity contribution < 1.29 is 9.90 Å². The first-order chi connectivity index (χ1) is 9.15. The van der Waals surface area contributed by atoms with Crippen molar-refractivity contribution in [1.29, 1.82) is 0 Å². The van der Waals surface area contributed by atoms with E-state index < -0.39 is 0 Å². The fourth-order valence-corrected chi connectivity index (χ4v) is 3.43. The van der Waals surface area contributed by atoms with Crippen LogP contribution in [0, 0.1) is 0 Å². The normalized spacial score (nSPS) is 19.8. The van der Waals surface area contributed by atoms with E-state index in [0.29, 0.717) is 6.54 Å². The summed E-state index contributed by atoms with van der Waals surface area (Å²) in [5.41, 5.74) is 0.986. The standard InChI is InChI=1S/C13H21N3O2S/c1-3-16(10(2)18)13-14-11(9-19-13)7-15-6-4-5-12(15)8-17/h9,12,17H,3-8H2,1-2H3/t12-/m1/s1. The maximum atomic E-state index is 11.5. The van der Waals surface area contributed by atoms with Crippen molar-refractivity contribution in [2.75, 3.05) is 24.6 Å². The third-order valence-corrected chi connectivity index (χ3v) is 4.45. The number of anilines is 1. The van der Waals surface area contributed by atoms with E-state index in [1.54, 1.807) is 11.8 Å². The highest BCUT2D eigenvalue weighted by Crippen LogP contribution is 2.24. The Bertz CT molecular complexity index is 435. The van der Waals surface area contributed by atoms with Crippen LogP contribution in [0.3, 0.4) is 0 Å². The highest BCUT2D eigenvalue weighted by atomic mass is 32.1. The highest BCUT2D eigenvalue weighted by Gasteiger charge is 2.24. The number of aliphatic hydroxyl groups excluding tert-OH is 1. The number of thiazole rings is 1. The van der Waals surface area contributed by atoms with Gasteiger partial charge in [0.25, 0.3) is 0 Å². The molecule has 1 N–H and O–H groups in total. The molecule has 0 spiro atoms. The lowest BCUT2D eigenvalue weighted by Gasteiger charge is -2.21. The van der Waals surface area contributed by atoms with Gasteiger partial charge >= 0.3 is 0 Å². The molecule has 0 radical (unpaired) electrons. The highest BCUT2D eigenvalue weighted by molar-refractivity contribution is 7.14. The summed E-state index contributed by atoms with van der Waals surface area (Å²) in [6, 6.07) is 0.264. The van der Waals surface area contributed by atoms with Crippen molar-refractivity contribution >= 4 is 22.4 Å². The largest absolute Gasteiger partial charge is 0.395 e. The summed E-state index contributed by atoms with van der Waals surface area (Å²) in [6.45, 7) is 6.15. The van der Waals surface area contributed by atoms with Crippen LogP contribution in [0.5, 0.6) is 0 Å². The Morgan fingerprint density at radius 2 is 2.47 bits per heavy atom. The van der Waals surface area contributed by atoms with Gasteiger partial charge in [0.1, 0.15) is 0 Å². The summed E-state index contributed by atoms with van der Waals surface area (Å²) in [7, 11) is 0. The second-order valence-corrected chi connectivity index (χ2v) is 5.67. The number of carbonyl (C=O) groups is 1. The van der Waals surface area contributed by atoms with Gasteiger partial charge in [0.2, 0.25) is 5.91 Å². The van der Waals surface area contributed by atoms with Crippen LogP contribution in [0.25, 0.3) is 0 Å². The van der Waals surface area contributed by atoms with Crippen LogP contribution >= 0.6 is 11.3 Å². The molecule has 1 saturated heterocycles. The molecule has 106 valence electrons. The van der Waals surface area contributed by atoms with Crippen molar-refractivity contribution in [3.63, 3.8) is 0 Å². The van der Waals surface area contributed by atoms with Crippen LogP contribution in [-0.2, 0) is 11.3 Å². The Morgan fingerprint density at radius 3 is 3.11 bits per heavy atom. The van der Waals surface area contributed by atoms with Gasteiger partial charge < -0.3 is 5.11 Å². The number of carbonyl (C=O) groups excluding carboxylic acids is 1. The van der Waals surface area contributed by atoms with E-state index in [9.17, 15) is 9.90 Å². The summed E-state index contributed by atoms with van der Waals surface area (Å²) in [5, 5.41) is 12.1. The maximum absolute atomic E-state index is 11.5. The molecule has 1 aliphatic heterocycles. The molecule has 0 aliphatic carbocycles. The summed E-state index contributed by atoms with van der Waals surface area (Å²) in [6.07, 6.45) is 2.19. The molecule has 2 rings (SSSR count). The van der Waals surface area contributed by atoms with Gasteiger partial charge in [-0.3, -0.25) is 14.6 Å². The van der Waals surface area contributed by atoms with E-state index in [-0.39, 0.29) is 18.6 Å². The summed E-state index contributed by atoms with van der Waals surface area (Å²) in [4.78, 5) is 20.0. The number of amides is 1. The Hall–Kier alpha value is -0.980. The van der Waals surface area contributed by atoms with Gasteiger partial charge in [0, 0.05) is 31.4 Å². The zero-order chi connectivity index (χ0) is 13.8. The van der Waals surface area contributed by atoms with Crippen LogP contribution in [0.1, 0.15) is 32.4 Å². The molecule has 1 amide bonds. The lowest BCUT2D eigenvalue weighted by Crippen LogP contribution is -2.32. The van der Waals surface area contributed by atoms with Crippen LogP contribution in [-0.4, -0.2) is 46.6 Å². The van der Waals surface area contributed by atoms with Gasteiger partial charge in [-0.1, -0.05) is 0 Å². The molecule has 1 aromatic heterocycles. The number of hydrogen-bond acceptors (Lipinski definition) is 5. The van der Waals surface area contributed by atoms with Gasteiger partial charge in [0.05, 0.1) is 12.3 Å². The van der Waals surface area contributed by atoms with E-state index in [0.717, 1.165) is 36.8 Å². The molecule has 0 saturated carbocycles. The Kier molecular flexibility index (Phi) is 4.90. The van der Waals surface area contributed by atoms with Crippen molar-refractivity contribution in [3.8, 4) is 0 Å². The number of rotatable bonds is 5. The Balaban J connectivity index is 2.03. The van der Waals surface area contributed by atoms with Crippen molar-refractivity contribution in [2.24, 2.45) is 0 Å². The van der Waals surface area contributed by atoms with E-state index in [1.165, 1.54) is 11.3 Å². The first kappa shape index (κ1) is 14.4. The summed E-state index contributed by atoms with van der Waals surface area (Å²) in [5.74, 6) is 0.0257. The molecule has 0 bridgehead atoms. The van der Waals surface area contributed by atoms with Gasteiger partial charge in [-0.15, -0.1) is 11.3 Å². The monoisotopic (exact) mass is 283 g/mol. The van der Waals surface area contributed by atoms with E-state index in [4.69, 9.17) is 0 Å². The first-order valence-corrected chi connectivity index (χ1v) is 7.61. The van der Waals surface area contributed by atoms with Crippen molar-refractivity contribution in [1.82, 2.24) is 9.88 Å². The molecular formula is C13H21N3O2S. The molecule has 6 heteroatoms. The SMILES string of the molecule is CCN(C(C)=O)c1nc(CN2CCC[C@@H]2CO)cs1. The molecular weight excluding hydrogens is 262 g/mol. The van der Waals surface area contributed by atoms with Crippen molar-refractivity contribution in [2.45, 2.75) is 39.3 Å². The van der Waals surface area contributed by atoms with Crippen LogP contribution in [0.4, 0.5) is 5.13 Å². The van der Waals surface area contributed by atoms with Gasteiger partial charge in [-0.25, -0.2) is 4.98 Å². The number of aromatic nitrogens is 1.